The third kappa shape index (κ3) is 14.1. The van der Waals surface area contributed by atoms with Gasteiger partial charge in [-0.2, -0.15) is 9.97 Å². The van der Waals surface area contributed by atoms with Crippen LogP contribution in [-0.2, 0) is 23.5 Å². The molecule has 12 rings (SSSR count). The highest BCUT2D eigenvalue weighted by atomic mass is 79.9. The molecule has 402 valence electrons. The molecule has 6 atom stereocenters. The molecular formula is C50H60BBr2ClN14O8. The van der Waals surface area contributed by atoms with E-state index in [-0.39, 0.29) is 54.3 Å². The summed E-state index contributed by atoms with van der Waals surface area (Å²) in [7, 11) is -0.220. The van der Waals surface area contributed by atoms with Crippen molar-refractivity contribution in [3.05, 3.63) is 91.9 Å². The highest BCUT2D eigenvalue weighted by molar-refractivity contribution is 9.10. The molecule has 0 spiro atoms. The van der Waals surface area contributed by atoms with E-state index in [2.05, 4.69) is 110 Å². The largest absolute Gasteiger partial charge is 0.492 e. The lowest BCUT2D eigenvalue weighted by molar-refractivity contribution is 0.00578. The van der Waals surface area contributed by atoms with Crippen LogP contribution in [0.4, 0.5) is 29.5 Å². The van der Waals surface area contributed by atoms with Gasteiger partial charge in [-0.15, -0.1) is 0 Å². The van der Waals surface area contributed by atoms with Crippen LogP contribution in [0.2, 0.25) is 5.15 Å². The number of aliphatic imine (C=N–C) groups is 2. The highest BCUT2D eigenvalue weighted by Crippen LogP contribution is 2.39. The average molecular weight is 1190 g/mol. The van der Waals surface area contributed by atoms with Crippen LogP contribution in [0, 0.1) is 0 Å². The van der Waals surface area contributed by atoms with E-state index >= 15 is 0 Å². The molecule has 0 radical (unpaired) electrons. The van der Waals surface area contributed by atoms with E-state index in [0.29, 0.717) is 69.5 Å². The minimum absolute atomic E-state index is 0.153. The molecule has 0 bridgehead atoms. The Hall–Kier alpha value is -5.55. The van der Waals surface area contributed by atoms with E-state index in [4.69, 9.17) is 63.2 Å². The van der Waals surface area contributed by atoms with Crippen molar-refractivity contribution in [1.82, 2.24) is 29.9 Å². The zero-order chi connectivity index (χ0) is 54.3. The summed E-state index contributed by atoms with van der Waals surface area (Å²) in [6.07, 6.45) is 6.06. The monoisotopic (exact) mass is 1190 g/mol. The lowest BCUT2D eigenvalue weighted by Gasteiger charge is -2.32. The summed E-state index contributed by atoms with van der Waals surface area (Å²) in [5.41, 5.74) is 27.4. The number of aliphatic hydroxyl groups is 3. The molecule has 6 aromatic rings. The molecule has 3 aromatic heterocycles. The van der Waals surface area contributed by atoms with E-state index in [1.54, 1.807) is 6.21 Å². The zero-order valence-corrected chi connectivity index (χ0v) is 46.0. The van der Waals surface area contributed by atoms with Crippen molar-refractivity contribution in [2.45, 2.75) is 75.3 Å². The van der Waals surface area contributed by atoms with Gasteiger partial charge < -0.3 is 72.4 Å². The number of aliphatic hydroxyl groups excluding tert-OH is 3. The second kappa shape index (κ2) is 24.8. The van der Waals surface area contributed by atoms with Gasteiger partial charge in [-0.25, -0.2) is 19.9 Å². The standard InChI is InChI=1S/C16H17N5O2.C12H13BrN4O2.C10H16BNO2.C8H5BrClN3.C4H9NO2/c17-16-20-12-5-9(10-3-4-18-6-10)1-2-11(12)15(21-16)19-13-7-23-8-14(13)22;13-6-1-2-7-8(3-6)16-12(14)17-11(7)15-9-4-19-5-10(9)18;1-9(2)10(3,4)14-11(13-9)8-5-6-12-7-8;9-4-1-2-5-6(3-4)12-8(11)13-7(5)10;5-3-1-7-2-4(3)6/h1-5,13-14,22H,6-8H2,(H3,17,19,20,21);1-3,9-10,18H,4-5H2,(H3,14,15,16,17);5-6H,7H2,1-4H3;1-3H,(H2,11,12,13);3-4,6H,1-2,5H2/t13-,14-;9-,10-;;;3-,4-/m11..1/s1. The van der Waals surface area contributed by atoms with Crippen molar-refractivity contribution in [2.24, 2.45) is 15.7 Å². The van der Waals surface area contributed by atoms with Gasteiger partial charge in [0.05, 0.1) is 117 Å². The molecule has 13 N–H and O–H groups in total. The van der Waals surface area contributed by atoms with Gasteiger partial charge in [0.1, 0.15) is 16.8 Å². The van der Waals surface area contributed by atoms with Crippen molar-refractivity contribution in [2.75, 3.05) is 80.6 Å². The molecule has 9 heterocycles. The number of rotatable bonds is 6. The highest BCUT2D eigenvalue weighted by Gasteiger charge is 2.52. The number of halogens is 3. The van der Waals surface area contributed by atoms with Crippen molar-refractivity contribution in [1.29, 1.82) is 0 Å². The number of nitrogen functional groups attached to an aromatic ring is 3. The molecule has 26 heteroatoms. The Kier molecular flexibility index (Phi) is 18.5. The fourth-order valence-corrected chi connectivity index (χ4v) is 9.03. The van der Waals surface area contributed by atoms with Gasteiger partial charge in [0, 0.05) is 37.5 Å². The first-order valence-electron chi connectivity index (χ1n) is 24.2. The van der Waals surface area contributed by atoms with Crippen LogP contribution in [0.1, 0.15) is 33.3 Å². The number of benzene rings is 3. The summed E-state index contributed by atoms with van der Waals surface area (Å²) in [6.45, 7) is 12.1. The molecule has 0 amide bonds. The van der Waals surface area contributed by atoms with Gasteiger partial charge in [0.15, 0.2) is 0 Å². The molecule has 4 fully saturated rings. The number of ether oxygens (including phenoxy) is 3. The topological polar surface area (TPSA) is 337 Å². The smallest absolute Gasteiger partial charge is 0.400 e. The van der Waals surface area contributed by atoms with Crippen molar-refractivity contribution >= 4 is 131 Å². The molecule has 0 aliphatic carbocycles. The van der Waals surface area contributed by atoms with Gasteiger partial charge in [-0.05, 0) is 105 Å². The molecule has 76 heavy (non-hydrogen) atoms. The minimum atomic E-state index is -0.554. The lowest BCUT2D eigenvalue weighted by atomic mass is 9.79. The van der Waals surface area contributed by atoms with E-state index in [1.807, 2.05) is 73.0 Å². The summed E-state index contributed by atoms with van der Waals surface area (Å²) >= 11 is 12.6. The Morgan fingerprint density at radius 1 is 0.592 bits per heavy atom. The molecule has 6 aliphatic heterocycles. The molecule has 0 saturated carbocycles. The first-order chi connectivity index (χ1) is 36.2. The number of hydrogen-bond donors (Lipinski definition) is 9. The van der Waals surface area contributed by atoms with Crippen molar-refractivity contribution in [3.63, 3.8) is 0 Å². The molecule has 4 saturated heterocycles. The van der Waals surface area contributed by atoms with Crippen LogP contribution >= 0.6 is 43.5 Å². The molecule has 3 aromatic carbocycles. The van der Waals surface area contributed by atoms with Gasteiger partial charge in [0.25, 0.3) is 0 Å². The third-order valence-corrected chi connectivity index (χ3v) is 14.4. The van der Waals surface area contributed by atoms with Gasteiger partial charge in [0.2, 0.25) is 17.8 Å². The Bertz CT molecular complexity index is 3140. The van der Waals surface area contributed by atoms with Gasteiger partial charge >= 0.3 is 7.12 Å². The van der Waals surface area contributed by atoms with Crippen molar-refractivity contribution in [3.8, 4) is 0 Å². The number of hydrogen-bond acceptors (Lipinski definition) is 22. The van der Waals surface area contributed by atoms with Crippen LogP contribution in [0.25, 0.3) is 38.3 Å². The van der Waals surface area contributed by atoms with E-state index in [0.717, 1.165) is 58.3 Å². The first kappa shape index (κ1) is 56.7. The normalized spacial score (nSPS) is 23.7. The molecule has 22 nitrogen and oxygen atoms in total. The Labute approximate surface area is 460 Å². The van der Waals surface area contributed by atoms with Crippen LogP contribution in [0.3, 0.4) is 0 Å². The van der Waals surface area contributed by atoms with Crippen LogP contribution < -0.4 is 33.6 Å². The van der Waals surface area contributed by atoms with E-state index in [1.165, 1.54) is 0 Å². The Morgan fingerprint density at radius 3 is 1.53 bits per heavy atom. The van der Waals surface area contributed by atoms with Gasteiger partial charge in [-0.1, -0.05) is 49.5 Å². The summed E-state index contributed by atoms with van der Waals surface area (Å²) < 4.78 is 28.9. The van der Waals surface area contributed by atoms with E-state index in [9.17, 15) is 10.2 Å². The number of aromatic nitrogens is 6. The van der Waals surface area contributed by atoms with E-state index < -0.39 is 18.3 Å². The number of nitrogens with one attached hydrogen (secondary N) is 2. The Morgan fingerprint density at radius 2 is 1.07 bits per heavy atom. The fourth-order valence-electron chi connectivity index (χ4n) is 8.08. The van der Waals surface area contributed by atoms with Gasteiger partial charge in [-0.3, -0.25) is 9.98 Å². The Balaban J connectivity index is 0.000000131. The number of fused-ring (bicyclic) bond motifs is 3. The van der Waals surface area contributed by atoms with Crippen LogP contribution in [-0.4, -0.2) is 165 Å². The molecular weight excluding hydrogens is 1130 g/mol. The summed E-state index contributed by atoms with van der Waals surface area (Å²) in [5.74, 6) is 1.81. The number of nitrogens with two attached hydrogens (primary N) is 4. The third-order valence-electron chi connectivity index (χ3n) is 13.1. The second-order valence-corrected chi connectivity index (χ2v) is 21.5. The summed E-state index contributed by atoms with van der Waals surface area (Å²) in [5, 5.41) is 37.7. The summed E-state index contributed by atoms with van der Waals surface area (Å²) in [6, 6.07) is 16.7. The predicted molar refractivity (Wildman–Crippen MR) is 304 cm³/mol. The quantitative estimate of drug-likeness (QED) is 0.0786. The summed E-state index contributed by atoms with van der Waals surface area (Å²) in [4.78, 5) is 33.2. The number of nitrogens with zero attached hydrogens (tertiary/aromatic N) is 8. The molecule has 0 unspecified atom stereocenters. The maximum atomic E-state index is 9.90. The molecule has 6 aliphatic rings. The zero-order valence-electron chi connectivity index (χ0n) is 42.1. The SMILES string of the molecule is CC1(C)OB(C2=CC=NC2)OC1(C)C.N[C@@H]1COC[C@H]1O.Nc1nc(Cl)c2ccc(Br)cc2n1.Nc1nc(N[C@@H]2COC[C@H]2O)c2ccc(Br)cc2n1.Nc1nc(N[C@@H]2COC[C@H]2O)c2ccc(C3=CC=NC3)cc2n1. The minimum Gasteiger partial charge on any atom is -0.400 e. The van der Waals surface area contributed by atoms with Crippen LogP contribution in [0.15, 0.2) is 91.2 Å². The number of allylic oxidation sites excluding steroid dienone is 2. The number of anilines is 5. The maximum Gasteiger partial charge on any atom is 0.492 e. The maximum absolute atomic E-state index is 9.90. The second-order valence-electron chi connectivity index (χ2n) is 19.3. The van der Waals surface area contributed by atoms with Crippen molar-refractivity contribution < 1.29 is 38.8 Å². The predicted octanol–water partition coefficient (Wildman–Crippen LogP) is 4.96. The average Bonchev–Trinajstić information content (AvgIpc) is 4.25. The van der Waals surface area contributed by atoms with Crippen LogP contribution in [0.5, 0.6) is 0 Å². The first-order valence-corrected chi connectivity index (χ1v) is 26.2. The lowest BCUT2D eigenvalue weighted by Crippen LogP contribution is -2.41. The fraction of sp³-hybridized carbons (Fsp3) is 0.400.